The van der Waals surface area contributed by atoms with Gasteiger partial charge in [0.1, 0.15) is 0 Å². The fraction of sp³-hybridized carbons (Fsp3) is 0.455. The van der Waals surface area contributed by atoms with E-state index in [-0.39, 0.29) is 18.5 Å². The normalized spacial score (nSPS) is 14.2. The first-order chi connectivity index (χ1) is 19.8. The quantitative estimate of drug-likeness (QED) is 0.259. The number of anilines is 1. The predicted octanol–water partition coefficient (Wildman–Crippen LogP) is 7.60. The molecule has 0 spiro atoms. The van der Waals surface area contributed by atoms with E-state index in [0.29, 0.717) is 11.3 Å². The van der Waals surface area contributed by atoms with Crippen molar-refractivity contribution in [3.8, 4) is 0 Å². The van der Waals surface area contributed by atoms with E-state index in [1.807, 2.05) is 18.2 Å². The molecule has 3 rings (SSSR count). The van der Waals surface area contributed by atoms with Crippen LogP contribution in [0.15, 0.2) is 71.9 Å². The molecule has 0 amide bonds. The van der Waals surface area contributed by atoms with Crippen LogP contribution in [0, 0.1) is 5.41 Å². The zero-order valence-electron chi connectivity index (χ0n) is 26.0. The average molecular weight is 588 g/mol. The van der Waals surface area contributed by atoms with Crippen LogP contribution < -0.4 is 4.90 Å². The molecule has 0 saturated carbocycles. The minimum atomic E-state index is -4.35. The molecule has 0 aromatic heterocycles. The summed E-state index contributed by atoms with van der Waals surface area (Å²) in [7, 11) is 2.16. The Morgan fingerprint density at radius 2 is 1.67 bits per heavy atom. The summed E-state index contributed by atoms with van der Waals surface area (Å²) in [6.45, 7) is 20.4. The van der Waals surface area contributed by atoms with Crippen LogP contribution in [0.1, 0.15) is 64.2 Å². The van der Waals surface area contributed by atoms with Gasteiger partial charge in [0.2, 0.25) is 0 Å². The van der Waals surface area contributed by atoms with Crippen LogP contribution in [-0.2, 0) is 6.61 Å². The molecule has 1 aliphatic heterocycles. The lowest BCUT2D eigenvalue weighted by molar-refractivity contribution is -0.0922. The summed E-state index contributed by atoms with van der Waals surface area (Å²) in [5.74, 6) is 0.253. The Kier molecular flexibility index (Phi) is 15.8. The maximum Gasteiger partial charge on any atom is 0.413 e. The summed E-state index contributed by atoms with van der Waals surface area (Å²) >= 11 is 0. The molecule has 0 radical (unpaired) electrons. The van der Waals surface area contributed by atoms with Gasteiger partial charge in [0.25, 0.3) is 0 Å². The van der Waals surface area contributed by atoms with Gasteiger partial charge in [0, 0.05) is 54.4 Å². The summed E-state index contributed by atoms with van der Waals surface area (Å²) in [4.78, 5) is 9.94. The molecule has 42 heavy (non-hydrogen) atoms. The highest BCUT2D eigenvalue weighted by atomic mass is 19.4. The largest absolute Gasteiger partial charge is 0.413 e. The third-order valence-electron chi connectivity index (χ3n) is 6.50. The summed E-state index contributed by atoms with van der Waals surface area (Å²) in [5, 5.41) is 16.9. The second kappa shape index (κ2) is 18.2. The van der Waals surface area contributed by atoms with Gasteiger partial charge in [-0.2, -0.15) is 13.2 Å². The van der Waals surface area contributed by atoms with E-state index in [4.69, 9.17) is 10.5 Å². The van der Waals surface area contributed by atoms with Crippen LogP contribution in [0.2, 0.25) is 0 Å². The number of benzene rings is 2. The number of hydrogen-bond donors (Lipinski definition) is 2. The molecular formula is C33H48F3N5O. The first-order valence-electron chi connectivity index (χ1n) is 14.3. The number of aliphatic imine (C=N–C) groups is 1. The van der Waals surface area contributed by atoms with Gasteiger partial charge in [-0.15, -0.1) is 0 Å². The van der Waals surface area contributed by atoms with Crippen LogP contribution in [0.25, 0.3) is 5.70 Å². The maximum atomic E-state index is 12.7. The zero-order chi connectivity index (χ0) is 31.9. The van der Waals surface area contributed by atoms with E-state index in [0.717, 1.165) is 62.5 Å². The number of alkyl halides is 3. The highest BCUT2D eigenvalue weighted by Gasteiger charge is 2.31. The number of para-hydroxylation sites is 1. The molecule has 1 heterocycles. The predicted molar refractivity (Wildman–Crippen MR) is 171 cm³/mol. The molecule has 232 valence electrons. The van der Waals surface area contributed by atoms with E-state index in [9.17, 15) is 13.2 Å². The Morgan fingerprint density at radius 1 is 1.07 bits per heavy atom. The Bertz CT molecular complexity index is 1160. The number of allylic oxidation sites excluding steroid dienone is 1. The Balaban J connectivity index is 0.000000387. The highest BCUT2D eigenvalue weighted by molar-refractivity contribution is 6.03. The number of aliphatic hydroxyl groups is 1. The van der Waals surface area contributed by atoms with Crippen LogP contribution >= 0.6 is 0 Å². The van der Waals surface area contributed by atoms with E-state index >= 15 is 0 Å². The molecule has 2 aromatic rings. The summed E-state index contributed by atoms with van der Waals surface area (Å²) in [6.07, 6.45) is -0.874. The first kappa shape index (κ1) is 36.6. The van der Waals surface area contributed by atoms with Crippen LogP contribution in [-0.4, -0.2) is 72.9 Å². The monoisotopic (exact) mass is 587 g/mol. The van der Waals surface area contributed by atoms with Gasteiger partial charge in [-0.3, -0.25) is 5.41 Å². The number of amidine groups is 1. The summed E-state index contributed by atoms with van der Waals surface area (Å²) in [5.41, 5.74) is 3.24. The van der Waals surface area contributed by atoms with Crippen molar-refractivity contribution in [2.45, 2.75) is 66.3 Å². The molecule has 1 aliphatic rings. The molecule has 0 bridgehead atoms. The van der Waals surface area contributed by atoms with Gasteiger partial charge < -0.3 is 19.8 Å². The van der Waals surface area contributed by atoms with E-state index in [1.54, 1.807) is 38.1 Å². The molecule has 1 fully saturated rings. The highest BCUT2D eigenvalue weighted by Crippen LogP contribution is 2.29. The minimum Gasteiger partial charge on any atom is -0.392 e. The standard InChI is InChI=1S/C16H20F3NO.C14H20N4.C3H8/c1-11(2)20(9-12(3)16(17,18)19)13(4)15-7-5-14(10-21)6-8-15;1-16-14(15)12-6-3-4-7-13(12)18-9-5-8-17(2)10-11-18;1-3-2/h5-9,11,21H,4,10H2,1-3H3;3-4,6-7,15H,1,5,8-11H2,2H3;3H2,1-2H3/b12-9+;;. The second-order valence-electron chi connectivity index (χ2n) is 10.5. The van der Waals surface area contributed by atoms with Crippen molar-refractivity contribution in [3.63, 3.8) is 0 Å². The third-order valence-corrected chi connectivity index (χ3v) is 6.50. The molecule has 2 aromatic carbocycles. The lowest BCUT2D eigenvalue weighted by Gasteiger charge is -2.28. The topological polar surface area (TPSA) is 66.2 Å². The van der Waals surface area contributed by atoms with Crippen LogP contribution in [0.4, 0.5) is 18.9 Å². The smallest absolute Gasteiger partial charge is 0.392 e. The maximum absolute atomic E-state index is 12.7. The molecule has 6 nitrogen and oxygen atoms in total. The average Bonchev–Trinajstić information content (AvgIpc) is 3.19. The van der Waals surface area contributed by atoms with Gasteiger partial charge in [-0.05, 0) is 70.8 Å². The Labute approximate surface area is 250 Å². The van der Waals surface area contributed by atoms with Crippen LogP contribution in [0.5, 0.6) is 0 Å². The van der Waals surface area contributed by atoms with Crippen molar-refractivity contribution in [3.05, 3.63) is 83.6 Å². The number of nitrogens with one attached hydrogen (secondary N) is 1. The van der Waals surface area contributed by atoms with Crippen LogP contribution in [0.3, 0.4) is 0 Å². The number of rotatable bonds is 7. The van der Waals surface area contributed by atoms with Crippen molar-refractivity contribution in [2.24, 2.45) is 4.99 Å². The molecule has 2 N–H and O–H groups in total. The van der Waals surface area contributed by atoms with Gasteiger partial charge in [0.15, 0.2) is 5.84 Å². The molecule has 1 saturated heterocycles. The number of likely N-dealkylation sites (N-methyl/N-ethyl adjacent to an activating group) is 1. The lowest BCUT2D eigenvalue weighted by Crippen LogP contribution is -2.29. The van der Waals surface area contributed by atoms with Crippen molar-refractivity contribution >= 4 is 23.9 Å². The minimum absolute atomic E-state index is 0.0757. The summed E-state index contributed by atoms with van der Waals surface area (Å²) < 4.78 is 38.1. The molecular weight excluding hydrogens is 539 g/mol. The van der Waals surface area contributed by atoms with Gasteiger partial charge in [-0.1, -0.05) is 63.2 Å². The van der Waals surface area contributed by atoms with Gasteiger partial charge in [-0.25, -0.2) is 4.99 Å². The zero-order valence-corrected chi connectivity index (χ0v) is 26.0. The second-order valence-corrected chi connectivity index (χ2v) is 10.5. The fourth-order valence-electron chi connectivity index (χ4n) is 4.09. The van der Waals surface area contributed by atoms with Crippen molar-refractivity contribution in [1.29, 1.82) is 5.41 Å². The number of hydrogen-bond acceptors (Lipinski definition) is 5. The van der Waals surface area contributed by atoms with Gasteiger partial charge >= 0.3 is 6.18 Å². The van der Waals surface area contributed by atoms with Crippen molar-refractivity contribution in [1.82, 2.24) is 9.80 Å². The molecule has 0 aliphatic carbocycles. The van der Waals surface area contributed by atoms with E-state index in [1.165, 1.54) is 11.3 Å². The number of nitrogens with zero attached hydrogens (tertiary/aromatic N) is 4. The summed E-state index contributed by atoms with van der Waals surface area (Å²) in [6, 6.07) is 14.7. The SMILES string of the molecule is C=C(c1ccc(CO)cc1)N(/C=C(\C)C(F)(F)F)C(C)C.C=NC(=N)c1ccccc1N1CCCN(C)CC1.CCC. The van der Waals surface area contributed by atoms with Crippen molar-refractivity contribution in [2.75, 3.05) is 38.1 Å². The first-order valence-corrected chi connectivity index (χ1v) is 14.3. The van der Waals surface area contributed by atoms with Crippen molar-refractivity contribution < 1.29 is 18.3 Å². The Morgan fingerprint density at radius 3 is 2.19 bits per heavy atom. The fourth-order valence-corrected chi connectivity index (χ4v) is 4.09. The number of halogens is 3. The number of aliphatic hydroxyl groups excluding tert-OH is 1. The lowest BCUT2D eigenvalue weighted by atomic mass is 10.1. The van der Waals surface area contributed by atoms with Gasteiger partial charge in [0.05, 0.1) is 6.61 Å². The third kappa shape index (κ3) is 11.8. The molecule has 0 atom stereocenters. The van der Waals surface area contributed by atoms with E-state index in [2.05, 4.69) is 55.1 Å². The Hall–Kier alpha value is -3.43. The molecule has 9 heteroatoms. The van der Waals surface area contributed by atoms with E-state index < -0.39 is 11.7 Å². The molecule has 0 unspecified atom stereocenters.